The van der Waals surface area contributed by atoms with Crippen molar-refractivity contribution in [2.24, 2.45) is 0 Å². The number of benzene rings is 2. The molecule has 0 spiro atoms. The predicted molar refractivity (Wildman–Crippen MR) is 129 cm³/mol. The van der Waals surface area contributed by atoms with Crippen LogP contribution in [0.25, 0.3) is 10.2 Å². The number of fused-ring (bicyclic) bond motifs is 1. The fourth-order valence-electron chi connectivity index (χ4n) is 4.20. The van der Waals surface area contributed by atoms with Gasteiger partial charge in [-0.05, 0) is 42.8 Å². The minimum atomic E-state index is -0.411. The Bertz CT molecular complexity index is 1360. The molecule has 0 aliphatic carbocycles. The first-order valence-electron chi connectivity index (χ1n) is 10.9. The van der Waals surface area contributed by atoms with Gasteiger partial charge in [-0.15, -0.1) is 11.3 Å². The first-order chi connectivity index (χ1) is 16.4. The van der Waals surface area contributed by atoms with E-state index >= 15 is 0 Å². The Labute approximate surface area is 199 Å². The number of carbonyl (C=O) groups excluding carboxylic acids is 1. The lowest BCUT2D eigenvalue weighted by atomic mass is 10.2. The van der Waals surface area contributed by atoms with Crippen LogP contribution < -0.4 is 4.90 Å². The molecule has 1 amide bonds. The van der Waals surface area contributed by atoms with E-state index in [1.807, 2.05) is 22.6 Å². The lowest BCUT2D eigenvalue weighted by molar-refractivity contribution is -0.384. The third-order valence-corrected chi connectivity index (χ3v) is 7.19. The zero-order valence-electron chi connectivity index (χ0n) is 18.5. The highest BCUT2D eigenvalue weighted by Gasteiger charge is 2.25. The maximum atomic E-state index is 13.2. The molecule has 34 heavy (non-hydrogen) atoms. The monoisotopic (exact) mass is 479 g/mol. The van der Waals surface area contributed by atoms with Crippen LogP contribution >= 0.6 is 11.3 Å². The number of hydrogen-bond acceptors (Lipinski definition) is 6. The number of carbonyl (C=O) groups is 1. The molecule has 2 aromatic carbocycles. The van der Waals surface area contributed by atoms with Gasteiger partial charge in [-0.1, -0.05) is 12.1 Å². The van der Waals surface area contributed by atoms with Crippen LogP contribution in [0, 0.1) is 22.9 Å². The van der Waals surface area contributed by atoms with Gasteiger partial charge < -0.3 is 9.80 Å². The molecule has 3 heterocycles. The molecule has 0 unspecified atom stereocenters. The minimum Gasteiger partial charge on any atom is -0.368 e. The average Bonchev–Trinajstić information content (AvgIpc) is 3.41. The van der Waals surface area contributed by atoms with Crippen molar-refractivity contribution in [3.63, 3.8) is 0 Å². The standard InChI is InChI=1S/C24H22FN5O3S/c1-16-21-14-22(34-24(21)29(26-16)15-17-2-4-18(25)5-3-17)23(31)28-12-10-27(11-13-28)19-6-8-20(9-7-19)30(32)33/h2-9,14H,10-13,15H2,1H3. The van der Waals surface area contributed by atoms with Crippen molar-refractivity contribution in [2.75, 3.05) is 31.1 Å². The summed E-state index contributed by atoms with van der Waals surface area (Å²) in [4.78, 5) is 29.2. The van der Waals surface area contributed by atoms with Crippen molar-refractivity contribution in [1.29, 1.82) is 0 Å². The summed E-state index contributed by atoms with van der Waals surface area (Å²) in [7, 11) is 0. The molecule has 1 saturated heterocycles. The summed E-state index contributed by atoms with van der Waals surface area (Å²) in [6.45, 7) is 4.90. The van der Waals surface area contributed by atoms with E-state index in [2.05, 4.69) is 10.00 Å². The fourth-order valence-corrected chi connectivity index (χ4v) is 5.33. The summed E-state index contributed by atoms with van der Waals surface area (Å²) >= 11 is 1.43. The van der Waals surface area contributed by atoms with Gasteiger partial charge in [-0.3, -0.25) is 19.6 Å². The first kappa shape index (κ1) is 22.0. The molecule has 0 saturated carbocycles. The molecule has 174 valence electrons. The second kappa shape index (κ2) is 8.86. The molecule has 4 aromatic rings. The second-order valence-corrected chi connectivity index (χ2v) is 9.28. The average molecular weight is 480 g/mol. The van der Waals surface area contributed by atoms with Gasteiger partial charge in [0.1, 0.15) is 10.6 Å². The highest BCUT2D eigenvalue weighted by atomic mass is 32.1. The van der Waals surface area contributed by atoms with Crippen molar-refractivity contribution in [3.8, 4) is 0 Å². The number of amides is 1. The van der Waals surface area contributed by atoms with E-state index in [4.69, 9.17) is 0 Å². The Morgan fingerprint density at radius 3 is 2.41 bits per heavy atom. The number of piperazine rings is 1. The number of rotatable bonds is 5. The van der Waals surface area contributed by atoms with Gasteiger partial charge in [-0.25, -0.2) is 4.39 Å². The minimum absolute atomic E-state index is 0.00252. The van der Waals surface area contributed by atoms with E-state index < -0.39 is 4.92 Å². The summed E-state index contributed by atoms with van der Waals surface area (Å²) in [5.74, 6) is -0.277. The van der Waals surface area contributed by atoms with Gasteiger partial charge in [0.2, 0.25) is 0 Å². The molecule has 10 heteroatoms. The number of nitro groups is 1. The smallest absolute Gasteiger partial charge is 0.269 e. The van der Waals surface area contributed by atoms with Crippen LogP contribution in [-0.2, 0) is 6.54 Å². The van der Waals surface area contributed by atoms with Gasteiger partial charge in [0.25, 0.3) is 11.6 Å². The topological polar surface area (TPSA) is 84.5 Å². The number of aromatic nitrogens is 2. The Kier molecular flexibility index (Phi) is 5.74. The van der Waals surface area contributed by atoms with Gasteiger partial charge in [-0.2, -0.15) is 5.10 Å². The lowest BCUT2D eigenvalue weighted by Gasteiger charge is -2.35. The Morgan fingerprint density at radius 1 is 1.09 bits per heavy atom. The molecule has 0 N–H and O–H groups in total. The van der Waals surface area contributed by atoms with Crippen molar-refractivity contribution in [2.45, 2.75) is 13.5 Å². The third-order valence-electron chi connectivity index (χ3n) is 6.06. The number of anilines is 1. The van der Waals surface area contributed by atoms with Crippen LogP contribution in [0.2, 0.25) is 0 Å². The van der Waals surface area contributed by atoms with E-state index in [0.717, 1.165) is 27.2 Å². The summed E-state index contributed by atoms with van der Waals surface area (Å²) in [6, 6.07) is 14.8. The Hall–Kier alpha value is -3.79. The quantitative estimate of drug-likeness (QED) is 0.312. The predicted octanol–water partition coefficient (Wildman–Crippen LogP) is 4.46. The molecule has 1 fully saturated rings. The largest absolute Gasteiger partial charge is 0.368 e. The Morgan fingerprint density at radius 2 is 1.76 bits per heavy atom. The molecule has 0 bridgehead atoms. The molecule has 0 radical (unpaired) electrons. The highest BCUT2D eigenvalue weighted by molar-refractivity contribution is 7.20. The molecular formula is C24H22FN5O3S. The van der Waals surface area contributed by atoms with E-state index in [9.17, 15) is 19.3 Å². The van der Waals surface area contributed by atoms with E-state index in [1.54, 1.807) is 24.3 Å². The maximum Gasteiger partial charge on any atom is 0.269 e. The zero-order valence-corrected chi connectivity index (χ0v) is 19.3. The molecule has 0 atom stereocenters. The van der Waals surface area contributed by atoms with Crippen LogP contribution in [0.1, 0.15) is 20.9 Å². The fraction of sp³-hybridized carbons (Fsp3) is 0.250. The normalized spacial score (nSPS) is 14.1. The molecular weight excluding hydrogens is 457 g/mol. The summed E-state index contributed by atoms with van der Waals surface area (Å²) in [5.41, 5.74) is 2.77. The van der Waals surface area contributed by atoms with E-state index in [0.29, 0.717) is 37.6 Å². The number of nitrogens with zero attached hydrogens (tertiary/aromatic N) is 5. The van der Waals surface area contributed by atoms with Crippen molar-refractivity contribution in [1.82, 2.24) is 14.7 Å². The number of hydrogen-bond donors (Lipinski definition) is 0. The number of nitro benzene ring substituents is 1. The highest BCUT2D eigenvalue weighted by Crippen LogP contribution is 2.30. The summed E-state index contributed by atoms with van der Waals surface area (Å²) < 4.78 is 15.1. The van der Waals surface area contributed by atoms with Gasteiger partial charge in [0.05, 0.1) is 22.0 Å². The van der Waals surface area contributed by atoms with E-state index in [1.165, 1.54) is 35.6 Å². The third kappa shape index (κ3) is 4.24. The summed E-state index contributed by atoms with van der Waals surface area (Å²) in [6.07, 6.45) is 0. The molecule has 1 aliphatic rings. The summed E-state index contributed by atoms with van der Waals surface area (Å²) in [5, 5.41) is 16.4. The SMILES string of the molecule is Cc1nn(Cc2ccc(F)cc2)c2sc(C(=O)N3CCN(c4ccc([N+](=O)[O-])cc4)CC3)cc12. The molecule has 8 nitrogen and oxygen atoms in total. The maximum absolute atomic E-state index is 13.2. The van der Waals surface area contributed by atoms with Crippen LogP contribution in [-0.4, -0.2) is 51.7 Å². The number of aryl methyl sites for hydroxylation is 1. The number of thiophene rings is 1. The van der Waals surface area contributed by atoms with Crippen LogP contribution in [0.15, 0.2) is 54.6 Å². The van der Waals surface area contributed by atoms with Crippen molar-refractivity contribution >= 4 is 38.8 Å². The van der Waals surface area contributed by atoms with Crippen LogP contribution in [0.5, 0.6) is 0 Å². The lowest BCUT2D eigenvalue weighted by Crippen LogP contribution is -2.48. The number of halogens is 1. The molecule has 2 aromatic heterocycles. The second-order valence-electron chi connectivity index (χ2n) is 8.25. The van der Waals surface area contributed by atoms with Crippen LogP contribution in [0.3, 0.4) is 0 Å². The van der Waals surface area contributed by atoms with Gasteiger partial charge >= 0.3 is 0 Å². The van der Waals surface area contributed by atoms with Crippen molar-refractivity contribution < 1.29 is 14.1 Å². The first-order valence-corrected chi connectivity index (χ1v) is 11.7. The Balaban J connectivity index is 1.28. The van der Waals surface area contributed by atoms with Crippen LogP contribution in [0.4, 0.5) is 15.8 Å². The zero-order chi connectivity index (χ0) is 23.8. The molecule has 5 rings (SSSR count). The van der Waals surface area contributed by atoms with E-state index in [-0.39, 0.29) is 17.4 Å². The molecule has 1 aliphatic heterocycles. The number of non-ortho nitro benzene ring substituents is 1. The van der Waals surface area contributed by atoms with Gasteiger partial charge in [0, 0.05) is 49.4 Å². The van der Waals surface area contributed by atoms with Crippen molar-refractivity contribution in [3.05, 3.63) is 86.7 Å². The van der Waals surface area contributed by atoms with Gasteiger partial charge in [0.15, 0.2) is 0 Å².